The average molecular weight is 275 g/mol. The van der Waals surface area contributed by atoms with E-state index in [2.05, 4.69) is 15.0 Å². The number of hydrogen-bond acceptors (Lipinski definition) is 3. The zero-order chi connectivity index (χ0) is 14.4. The molecule has 0 fully saturated rings. The number of aromatic hydroxyl groups is 1. The molecule has 0 aliphatic carbocycles. The second-order valence-corrected chi connectivity index (χ2v) is 5.10. The number of rotatable bonds is 1. The zero-order valence-corrected chi connectivity index (χ0v) is 11.5. The second kappa shape index (κ2) is 4.31. The fourth-order valence-corrected chi connectivity index (χ4v) is 2.56. The maximum absolute atomic E-state index is 9.93. The second-order valence-electron chi connectivity index (χ2n) is 5.10. The number of fused-ring (bicyclic) bond motifs is 2. The van der Waals surface area contributed by atoms with Gasteiger partial charge in [0.05, 0.1) is 11.0 Å². The molecule has 21 heavy (non-hydrogen) atoms. The van der Waals surface area contributed by atoms with E-state index in [0.29, 0.717) is 11.3 Å². The van der Waals surface area contributed by atoms with E-state index >= 15 is 0 Å². The first kappa shape index (κ1) is 11.9. The van der Waals surface area contributed by atoms with Gasteiger partial charge in [-0.2, -0.15) is 0 Å². The number of nitrogens with one attached hydrogen (secondary N) is 1. The number of pyridine rings is 1. The molecule has 4 heteroatoms. The van der Waals surface area contributed by atoms with Crippen molar-refractivity contribution in [2.45, 2.75) is 6.92 Å². The Kier molecular flexibility index (Phi) is 2.44. The van der Waals surface area contributed by atoms with Crippen LogP contribution in [0.4, 0.5) is 0 Å². The molecule has 0 aliphatic rings. The number of para-hydroxylation sites is 2. The molecule has 0 saturated carbocycles. The molecule has 4 nitrogen and oxygen atoms in total. The fourth-order valence-electron chi connectivity index (χ4n) is 2.56. The number of hydrogen-bond donors (Lipinski definition) is 2. The number of aryl methyl sites for hydroxylation is 1. The van der Waals surface area contributed by atoms with E-state index in [-0.39, 0.29) is 5.75 Å². The van der Waals surface area contributed by atoms with Gasteiger partial charge in [0.25, 0.3) is 0 Å². The quantitative estimate of drug-likeness (QED) is 0.555. The summed E-state index contributed by atoms with van der Waals surface area (Å²) in [5.41, 5.74) is 4.40. The Balaban J connectivity index is 1.95. The van der Waals surface area contributed by atoms with Gasteiger partial charge in [-0.05, 0) is 30.7 Å². The average Bonchev–Trinajstić information content (AvgIpc) is 2.93. The lowest BCUT2D eigenvalue weighted by Crippen LogP contribution is -1.87. The van der Waals surface area contributed by atoms with Gasteiger partial charge in [-0.15, -0.1) is 0 Å². The maximum Gasteiger partial charge on any atom is 0.157 e. The summed E-state index contributed by atoms with van der Waals surface area (Å²) in [6, 6.07) is 15.2. The van der Waals surface area contributed by atoms with Gasteiger partial charge in [0.1, 0.15) is 17.0 Å². The third-order valence-corrected chi connectivity index (χ3v) is 3.67. The largest absolute Gasteiger partial charge is 0.506 e. The molecule has 0 unspecified atom stereocenters. The Morgan fingerprint density at radius 3 is 2.67 bits per heavy atom. The van der Waals surface area contributed by atoms with Gasteiger partial charge in [-0.25, -0.2) is 9.97 Å². The SMILES string of the molecule is Cc1cccc2nc(-c3ccc4cccc(O)c4n3)[nH]c12. The van der Waals surface area contributed by atoms with Gasteiger partial charge in [0, 0.05) is 5.39 Å². The number of aromatic nitrogens is 3. The van der Waals surface area contributed by atoms with Crippen molar-refractivity contribution in [1.82, 2.24) is 15.0 Å². The van der Waals surface area contributed by atoms with Crippen LogP contribution in [-0.2, 0) is 0 Å². The molecular formula is C17H13N3O. The number of benzene rings is 2. The molecular weight excluding hydrogens is 262 g/mol. The van der Waals surface area contributed by atoms with Crippen LogP contribution in [0.2, 0.25) is 0 Å². The third kappa shape index (κ3) is 1.84. The topological polar surface area (TPSA) is 61.8 Å². The van der Waals surface area contributed by atoms with Gasteiger partial charge in [-0.1, -0.05) is 30.3 Å². The number of phenols is 1. The number of H-pyrrole nitrogens is 1. The van der Waals surface area contributed by atoms with E-state index in [1.54, 1.807) is 6.07 Å². The summed E-state index contributed by atoms with van der Waals surface area (Å²) in [7, 11) is 0. The summed E-state index contributed by atoms with van der Waals surface area (Å²) in [5.74, 6) is 0.895. The number of nitrogens with zero attached hydrogens (tertiary/aromatic N) is 2. The smallest absolute Gasteiger partial charge is 0.157 e. The summed E-state index contributed by atoms with van der Waals surface area (Å²) >= 11 is 0. The predicted molar refractivity (Wildman–Crippen MR) is 83.2 cm³/mol. The Bertz CT molecular complexity index is 972. The zero-order valence-electron chi connectivity index (χ0n) is 11.5. The highest BCUT2D eigenvalue weighted by Gasteiger charge is 2.09. The predicted octanol–water partition coefficient (Wildman–Crippen LogP) is 3.79. The number of phenolic OH excluding ortho intramolecular Hbond substituents is 1. The first-order valence-corrected chi connectivity index (χ1v) is 6.77. The summed E-state index contributed by atoms with van der Waals surface area (Å²) in [4.78, 5) is 12.4. The van der Waals surface area contributed by atoms with Gasteiger partial charge < -0.3 is 10.1 Å². The van der Waals surface area contributed by atoms with Crippen molar-refractivity contribution in [3.8, 4) is 17.3 Å². The van der Waals surface area contributed by atoms with E-state index in [1.165, 1.54) is 0 Å². The standard InChI is InChI=1S/C17H13N3O/c1-10-4-2-6-12-15(10)20-17(19-12)13-9-8-11-5-3-7-14(21)16(11)18-13/h2-9,21H,1H3,(H,19,20). The van der Waals surface area contributed by atoms with Crippen molar-refractivity contribution >= 4 is 21.9 Å². The minimum atomic E-state index is 0.182. The summed E-state index contributed by atoms with van der Waals surface area (Å²) < 4.78 is 0. The van der Waals surface area contributed by atoms with E-state index < -0.39 is 0 Å². The third-order valence-electron chi connectivity index (χ3n) is 3.67. The van der Waals surface area contributed by atoms with Gasteiger partial charge >= 0.3 is 0 Å². The number of aromatic amines is 1. The van der Waals surface area contributed by atoms with Crippen molar-refractivity contribution in [2.75, 3.05) is 0 Å². The normalized spacial score (nSPS) is 11.3. The summed E-state index contributed by atoms with van der Waals surface area (Å²) in [5, 5.41) is 10.8. The van der Waals surface area contributed by atoms with E-state index in [0.717, 1.165) is 27.7 Å². The van der Waals surface area contributed by atoms with E-state index in [9.17, 15) is 5.11 Å². The van der Waals surface area contributed by atoms with E-state index in [4.69, 9.17) is 0 Å². The van der Waals surface area contributed by atoms with Gasteiger partial charge in [0.15, 0.2) is 5.82 Å². The summed E-state index contributed by atoms with van der Waals surface area (Å²) in [6.45, 7) is 2.05. The van der Waals surface area contributed by atoms with Gasteiger partial charge in [0.2, 0.25) is 0 Å². The van der Waals surface area contributed by atoms with Crippen molar-refractivity contribution in [3.05, 3.63) is 54.1 Å². The minimum Gasteiger partial charge on any atom is -0.506 e. The maximum atomic E-state index is 9.93. The molecule has 2 aromatic carbocycles. The Morgan fingerprint density at radius 2 is 1.81 bits per heavy atom. The van der Waals surface area contributed by atoms with Crippen LogP contribution in [0, 0.1) is 6.92 Å². The molecule has 0 aliphatic heterocycles. The van der Waals surface area contributed by atoms with Crippen LogP contribution in [-0.4, -0.2) is 20.1 Å². The molecule has 0 atom stereocenters. The minimum absolute atomic E-state index is 0.182. The highest BCUT2D eigenvalue weighted by atomic mass is 16.3. The highest BCUT2D eigenvalue weighted by Crippen LogP contribution is 2.26. The molecule has 0 radical (unpaired) electrons. The lowest BCUT2D eigenvalue weighted by Gasteiger charge is -2.02. The molecule has 4 aromatic rings. The van der Waals surface area contributed by atoms with Crippen LogP contribution in [0.1, 0.15) is 5.56 Å². The highest BCUT2D eigenvalue weighted by molar-refractivity contribution is 5.87. The van der Waals surface area contributed by atoms with Crippen molar-refractivity contribution < 1.29 is 5.11 Å². The van der Waals surface area contributed by atoms with Crippen LogP contribution < -0.4 is 0 Å². The van der Waals surface area contributed by atoms with Crippen LogP contribution in [0.15, 0.2) is 48.5 Å². The number of imidazole rings is 1. The molecule has 0 saturated heterocycles. The molecule has 102 valence electrons. The summed E-state index contributed by atoms with van der Waals surface area (Å²) in [6.07, 6.45) is 0. The molecule has 4 rings (SSSR count). The van der Waals surface area contributed by atoms with Crippen molar-refractivity contribution in [1.29, 1.82) is 0 Å². The first-order chi connectivity index (χ1) is 10.2. The first-order valence-electron chi connectivity index (χ1n) is 6.77. The lowest BCUT2D eigenvalue weighted by molar-refractivity contribution is 0.480. The molecule has 2 N–H and O–H groups in total. The van der Waals surface area contributed by atoms with Crippen LogP contribution in [0.5, 0.6) is 5.75 Å². The molecule has 2 heterocycles. The molecule has 0 spiro atoms. The molecule has 0 amide bonds. The Hall–Kier alpha value is -2.88. The van der Waals surface area contributed by atoms with Crippen molar-refractivity contribution in [2.24, 2.45) is 0 Å². The van der Waals surface area contributed by atoms with Crippen LogP contribution >= 0.6 is 0 Å². The lowest BCUT2D eigenvalue weighted by atomic mass is 10.2. The Morgan fingerprint density at radius 1 is 0.952 bits per heavy atom. The van der Waals surface area contributed by atoms with Crippen molar-refractivity contribution in [3.63, 3.8) is 0 Å². The monoisotopic (exact) mass is 275 g/mol. The Labute approximate surface area is 121 Å². The van der Waals surface area contributed by atoms with E-state index in [1.807, 2.05) is 49.4 Å². The fraction of sp³-hybridized carbons (Fsp3) is 0.0588. The molecule has 2 aromatic heterocycles. The van der Waals surface area contributed by atoms with Gasteiger partial charge in [-0.3, -0.25) is 0 Å². The van der Waals surface area contributed by atoms with Crippen LogP contribution in [0.3, 0.4) is 0 Å². The molecule has 0 bridgehead atoms. The van der Waals surface area contributed by atoms with Crippen LogP contribution in [0.25, 0.3) is 33.5 Å².